The van der Waals surface area contributed by atoms with Gasteiger partial charge in [-0.2, -0.15) is 13.7 Å². The van der Waals surface area contributed by atoms with E-state index in [1.807, 2.05) is 0 Å². The summed E-state index contributed by atoms with van der Waals surface area (Å²) < 4.78 is 240. The van der Waals surface area contributed by atoms with Crippen LogP contribution in [0.25, 0.3) is 0 Å². The Morgan fingerprint density at radius 1 is 0.404 bits per heavy atom. The fourth-order valence-electron chi connectivity index (χ4n) is 6.86. The lowest BCUT2D eigenvalue weighted by molar-refractivity contribution is -0.0642. The summed E-state index contributed by atoms with van der Waals surface area (Å²) in [5, 5.41) is 10.7. The molecule has 3 aromatic rings. The van der Waals surface area contributed by atoms with Crippen molar-refractivity contribution in [2.24, 2.45) is 0 Å². The summed E-state index contributed by atoms with van der Waals surface area (Å²) in [5.74, 6) is -1.50. The topological polar surface area (TPSA) is 358 Å². The van der Waals surface area contributed by atoms with Gasteiger partial charge in [-0.25, -0.2) is 80.0 Å². The average molecular weight is 1450 g/mol. The van der Waals surface area contributed by atoms with Gasteiger partial charge in [0.15, 0.2) is 79.9 Å². The highest BCUT2D eigenvalue weighted by Crippen LogP contribution is 2.40. The van der Waals surface area contributed by atoms with Gasteiger partial charge in [0.1, 0.15) is 11.5 Å². The number of sulfone groups is 7. The van der Waals surface area contributed by atoms with Gasteiger partial charge in [0.25, 0.3) is 0 Å². The van der Waals surface area contributed by atoms with Crippen LogP contribution in [0.3, 0.4) is 0 Å². The molecule has 0 aromatic heterocycles. The smallest absolute Gasteiger partial charge is 0.235 e. The standard InChI is InChI=1S/2C15H18O6S3.C12H12O6S3.C8H14N2O4S2.2C2H4/c1-7-22(16)21-13-10(4)14(23(17,18)8-2)12(6)15(11(13)5)24(19,20)9-3;1-4-22(16,17)10-13-7-14(11-23(18,19)5-2)9-15(8-13)12-24(20,21)6-3;1-4-19(13)18-10-7-11(20(14,15)5-2)9-12(8-10)21(16,17)6-3;1-3-15(11)14-9-5-7-10(8-6-9)16(12,13)4-2;2*1-2/h7-9H,1-3H2,4-6H3;4-9H,1-3,10-12H2;4-9H,1-3H2;3-4H,1-2,5-8H2;2*1-2H2. The van der Waals surface area contributed by atoms with Crippen LogP contribution in [0.1, 0.15) is 33.4 Å². The second kappa shape index (κ2) is 37.2. The van der Waals surface area contributed by atoms with Crippen molar-refractivity contribution in [3.05, 3.63) is 228 Å². The molecule has 0 aliphatic carbocycles. The first-order valence-electron chi connectivity index (χ1n) is 24.0. The van der Waals surface area contributed by atoms with Crippen LogP contribution in [0.2, 0.25) is 0 Å². The second-order valence-electron chi connectivity index (χ2n) is 16.5. The number of hydrogen-bond acceptors (Lipinski definition) is 23. The van der Waals surface area contributed by atoms with Gasteiger partial charge in [0, 0.05) is 109 Å². The molecule has 0 bridgehead atoms. The van der Waals surface area contributed by atoms with E-state index < -0.39 is 129 Å². The zero-order valence-electron chi connectivity index (χ0n) is 48.7. The molecule has 4 rings (SSSR count). The van der Waals surface area contributed by atoms with E-state index in [0.29, 0.717) is 37.0 Å². The molecule has 1 heterocycles. The van der Waals surface area contributed by atoms with Crippen molar-refractivity contribution in [1.29, 1.82) is 0 Å². The Morgan fingerprint density at radius 3 is 1.00 bits per heavy atom. The molecule has 24 nitrogen and oxygen atoms in total. The van der Waals surface area contributed by atoms with E-state index in [0.717, 1.165) is 61.5 Å². The van der Waals surface area contributed by atoms with Crippen LogP contribution in [-0.4, -0.2) is 116 Å². The third kappa shape index (κ3) is 27.0. The third-order valence-electron chi connectivity index (χ3n) is 10.7. The van der Waals surface area contributed by atoms with Crippen LogP contribution in [0.5, 0.6) is 11.5 Å². The van der Waals surface area contributed by atoms with E-state index in [2.05, 4.69) is 98.7 Å². The van der Waals surface area contributed by atoms with Crippen LogP contribution < -0.4 is 8.37 Å². The summed E-state index contributed by atoms with van der Waals surface area (Å²) in [4.78, 5) is -1.20. The van der Waals surface area contributed by atoms with Gasteiger partial charge in [-0.05, 0) is 49.1 Å². The fraction of sp³-hybridized carbons (Fsp3) is 0.185. The summed E-state index contributed by atoms with van der Waals surface area (Å²) in [6.45, 7) is 53.2. The first-order chi connectivity index (χ1) is 41.0. The first kappa shape index (κ1) is 84.9. The number of nitrogens with zero attached hydrogens (tertiary/aromatic N) is 2. The van der Waals surface area contributed by atoms with E-state index in [9.17, 15) is 80.0 Å². The first-order valence-corrected chi connectivity index (χ1v) is 40.2. The summed E-state index contributed by atoms with van der Waals surface area (Å²) in [6, 6.07) is 7.25. The van der Waals surface area contributed by atoms with Crippen LogP contribution in [-0.2, 0) is 134 Å². The van der Waals surface area contributed by atoms with Gasteiger partial charge in [0.2, 0.25) is 32.2 Å². The Balaban J connectivity index is 0. The van der Waals surface area contributed by atoms with E-state index >= 15 is 0 Å². The zero-order chi connectivity index (χ0) is 69.9. The molecule has 0 radical (unpaired) electrons. The number of benzene rings is 3. The van der Waals surface area contributed by atoms with Crippen LogP contribution in [0, 0.1) is 20.8 Å². The molecule has 1 fully saturated rings. The Labute approximate surface area is 532 Å². The van der Waals surface area contributed by atoms with Crippen molar-refractivity contribution in [3.8, 4) is 11.5 Å². The van der Waals surface area contributed by atoms with Gasteiger partial charge < -0.3 is 8.37 Å². The molecule has 1 aliphatic rings. The maximum absolute atomic E-state index is 12.3. The number of sulfonamides is 1. The molecule has 1 saturated heterocycles. The highest BCUT2D eigenvalue weighted by atomic mass is 32.2. The Bertz CT molecular complexity index is 3960. The van der Waals surface area contributed by atoms with Crippen molar-refractivity contribution in [2.45, 2.75) is 57.6 Å². The number of piperazine rings is 1. The molecule has 3 aromatic carbocycles. The van der Waals surface area contributed by atoms with E-state index in [1.54, 1.807) is 0 Å². The average Bonchev–Trinajstić information content (AvgIpc) is 0.795. The van der Waals surface area contributed by atoms with E-state index in [1.165, 1.54) is 53.7 Å². The fourth-order valence-corrected chi connectivity index (χ4v) is 15.3. The zero-order valence-corrected chi connectivity index (χ0v) is 57.7. The largest absolute Gasteiger partial charge is 0.397 e. The van der Waals surface area contributed by atoms with Gasteiger partial charge in [-0.15, -0.1) is 26.3 Å². The molecule has 89 heavy (non-hydrogen) atoms. The molecular formula is C54H70N2O22S11. The van der Waals surface area contributed by atoms with E-state index in [4.69, 9.17) is 12.6 Å². The van der Waals surface area contributed by atoms with Gasteiger partial charge >= 0.3 is 0 Å². The predicted octanol–water partition coefficient (Wildman–Crippen LogP) is 7.62. The second-order valence-corrected chi connectivity index (χ2v) is 34.7. The molecule has 0 saturated carbocycles. The van der Waals surface area contributed by atoms with Crippen molar-refractivity contribution >= 4 is 112 Å². The summed E-state index contributed by atoms with van der Waals surface area (Å²) in [5.41, 5.74) is 1.15. The lowest BCUT2D eigenvalue weighted by Crippen LogP contribution is -2.47. The number of rotatable bonds is 28. The van der Waals surface area contributed by atoms with Crippen molar-refractivity contribution in [3.63, 3.8) is 0 Å². The monoisotopic (exact) mass is 1450 g/mol. The highest BCUT2D eigenvalue weighted by Gasteiger charge is 2.31. The molecule has 1 aliphatic heterocycles. The van der Waals surface area contributed by atoms with E-state index in [-0.39, 0.29) is 64.5 Å². The molecule has 0 amide bonds. The third-order valence-corrected chi connectivity index (χ3v) is 23.7. The molecule has 494 valence electrons. The maximum atomic E-state index is 12.3. The summed E-state index contributed by atoms with van der Waals surface area (Å²) in [6.07, 6.45) is 0. The summed E-state index contributed by atoms with van der Waals surface area (Å²) >= 11 is -5.44. The highest BCUT2D eigenvalue weighted by molar-refractivity contribution is 7.96. The molecule has 35 heteroatoms. The normalized spacial score (nSPS) is 14.0. The Kier molecular flexibility index (Phi) is 35.5. The molecule has 0 N–H and O–H groups in total. The number of hydrogen-bond donors (Lipinski definition) is 0. The van der Waals surface area contributed by atoms with Gasteiger partial charge in [-0.3, -0.25) is 0 Å². The number of hydroxylamine groups is 2. The van der Waals surface area contributed by atoms with Crippen molar-refractivity contribution in [1.82, 2.24) is 9.37 Å². The van der Waals surface area contributed by atoms with Crippen LogP contribution >= 0.6 is 0 Å². The van der Waals surface area contributed by atoms with Gasteiger partial charge in [-0.1, -0.05) is 90.6 Å². The lowest BCUT2D eigenvalue weighted by atomic mass is 10.1. The SMILES string of the molecule is C=C.C=C.C=CS(=O)(=O)Cc1cc(CS(=O)(=O)C=C)cc(CS(=O)(=O)C=C)c1.C=CS(=O)ON1CCN(S(=O)(=O)C=C)CC1.C=CS(=O)Oc1c(C)c(S(=O)(=O)C=C)c(C)c(S(=O)(=O)C=C)c1C.C=CS(=O)Oc1cc(S(=O)(=O)C=C)cc(S(=O)(=O)C=C)c1. The molecule has 0 spiro atoms. The molecular weight excluding hydrogens is 1380 g/mol. The van der Waals surface area contributed by atoms with Crippen LogP contribution in [0.4, 0.5) is 0 Å². The Morgan fingerprint density at radius 2 is 0.719 bits per heavy atom. The van der Waals surface area contributed by atoms with Crippen LogP contribution in [0.15, 0.2) is 214 Å². The quantitative estimate of drug-likeness (QED) is 0.0630. The molecule has 3 atom stereocenters. The minimum atomic E-state index is -3.97. The minimum absolute atomic E-state index is 0.0292. The van der Waals surface area contributed by atoms with Crippen molar-refractivity contribution < 1.29 is 92.6 Å². The minimum Gasteiger partial charge on any atom is -0.397 e. The van der Waals surface area contributed by atoms with Crippen molar-refractivity contribution in [2.75, 3.05) is 26.2 Å². The lowest BCUT2D eigenvalue weighted by Gasteiger charge is -2.31. The van der Waals surface area contributed by atoms with Gasteiger partial charge in [0.05, 0.1) is 36.8 Å². The summed E-state index contributed by atoms with van der Waals surface area (Å²) in [7, 11) is -29.8. The Hall–Kier alpha value is -6.19. The maximum Gasteiger partial charge on any atom is 0.235 e. The predicted molar refractivity (Wildman–Crippen MR) is 354 cm³/mol. The molecule has 3 unspecified atom stereocenters.